The quantitative estimate of drug-likeness (QED) is 0.601. The van der Waals surface area contributed by atoms with Gasteiger partial charge in [0.2, 0.25) is 5.91 Å². The molecule has 7 nitrogen and oxygen atoms in total. The molecule has 0 aliphatic rings. The van der Waals surface area contributed by atoms with Crippen molar-refractivity contribution < 1.29 is 18.4 Å². The number of aryl methyl sites for hydroxylation is 1. The van der Waals surface area contributed by atoms with Gasteiger partial charge in [-0.25, -0.2) is 13.5 Å². The lowest BCUT2D eigenvalue weighted by atomic mass is 10.2. The van der Waals surface area contributed by atoms with Crippen molar-refractivity contribution in [2.24, 2.45) is 0 Å². The van der Waals surface area contributed by atoms with E-state index in [2.05, 4.69) is 36.9 Å². The van der Waals surface area contributed by atoms with E-state index in [0.29, 0.717) is 15.7 Å². The number of rotatable bonds is 5. The third-order valence-electron chi connectivity index (χ3n) is 4.13. The van der Waals surface area contributed by atoms with Gasteiger partial charge in [-0.15, -0.1) is 5.10 Å². The van der Waals surface area contributed by atoms with E-state index in [1.807, 2.05) is 0 Å². The fourth-order valence-electron chi connectivity index (χ4n) is 2.50. The Morgan fingerprint density at radius 2 is 1.83 bits per heavy atom. The number of nitrogens with one attached hydrogen (secondary N) is 2. The monoisotopic (exact) mass is 463 g/mol. The van der Waals surface area contributed by atoms with E-state index in [4.69, 9.17) is 0 Å². The van der Waals surface area contributed by atoms with Crippen molar-refractivity contribution in [3.63, 3.8) is 0 Å². The molecule has 10 heteroatoms. The molecule has 0 fully saturated rings. The van der Waals surface area contributed by atoms with Crippen LogP contribution in [-0.4, -0.2) is 26.8 Å². The van der Waals surface area contributed by atoms with Crippen LogP contribution in [0.3, 0.4) is 0 Å². The summed E-state index contributed by atoms with van der Waals surface area (Å²) >= 11 is 3.14. The fourth-order valence-corrected chi connectivity index (χ4v) is 2.83. The summed E-state index contributed by atoms with van der Waals surface area (Å²) in [5, 5.41) is 12.6. The fraction of sp³-hybridized carbons (Fsp3) is 0.158. The first-order chi connectivity index (χ1) is 13.7. The van der Waals surface area contributed by atoms with Crippen LogP contribution in [0.5, 0.6) is 0 Å². The molecule has 0 spiro atoms. The maximum atomic E-state index is 13.8. The number of aromatic nitrogens is 3. The number of benzene rings is 2. The molecule has 2 amide bonds. The number of hydrogen-bond donors (Lipinski definition) is 2. The lowest BCUT2D eigenvalue weighted by Gasteiger charge is -2.08. The van der Waals surface area contributed by atoms with E-state index in [-0.39, 0.29) is 23.6 Å². The Morgan fingerprint density at radius 3 is 2.52 bits per heavy atom. The molecule has 0 atom stereocenters. The molecule has 3 rings (SSSR count). The van der Waals surface area contributed by atoms with Crippen LogP contribution in [0.2, 0.25) is 0 Å². The molecule has 29 heavy (non-hydrogen) atoms. The largest absolute Gasteiger partial charge is 0.322 e. The minimum absolute atomic E-state index is 0.00592. The van der Waals surface area contributed by atoms with Crippen LogP contribution in [0.25, 0.3) is 0 Å². The third-order valence-corrected chi connectivity index (χ3v) is 4.62. The molecule has 2 aromatic carbocycles. The zero-order valence-corrected chi connectivity index (χ0v) is 17.0. The summed E-state index contributed by atoms with van der Waals surface area (Å²) in [6, 6.07) is 8.55. The molecule has 0 unspecified atom stereocenters. The average Bonchev–Trinajstić information content (AvgIpc) is 3.01. The second kappa shape index (κ2) is 8.48. The number of carbonyl (C=O) groups is 2. The molecule has 0 saturated carbocycles. The van der Waals surface area contributed by atoms with Crippen LogP contribution >= 0.6 is 15.9 Å². The molecule has 0 aliphatic carbocycles. The van der Waals surface area contributed by atoms with Gasteiger partial charge in [0.1, 0.15) is 18.2 Å². The van der Waals surface area contributed by atoms with Gasteiger partial charge in [-0.3, -0.25) is 9.59 Å². The van der Waals surface area contributed by atoms with Crippen LogP contribution in [0.1, 0.15) is 21.7 Å². The van der Waals surface area contributed by atoms with Crippen LogP contribution in [0, 0.1) is 25.5 Å². The lowest BCUT2D eigenvalue weighted by molar-refractivity contribution is -0.117. The van der Waals surface area contributed by atoms with Gasteiger partial charge in [-0.2, -0.15) is 0 Å². The zero-order chi connectivity index (χ0) is 21.1. The van der Waals surface area contributed by atoms with Gasteiger partial charge >= 0.3 is 0 Å². The van der Waals surface area contributed by atoms with E-state index in [1.165, 1.54) is 22.9 Å². The number of nitrogens with zero attached hydrogens (tertiary/aromatic N) is 3. The first kappa shape index (κ1) is 20.6. The van der Waals surface area contributed by atoms with Gasteiger partial charge < -0.3 is 10.6 Å². The standard InChI is InChI=1S/C19H16BrF2N5O2/c1-10-3-5-13(8-14(10)21)23-19(29)18-11(2)27(26-25-18)9-17(28)24-16-6-4-12(20)7-15(16)22/h3-8H,9H2,1-2H3,(H,23,29)(H,24,28). The SMILES string of the molecule is Cc1ccc(NC(=O)c2nnn(CC(=O)Nc3ccc(Br)cc3F)c2C)cc1F. The summed E-state index contributed by atoms with van der Waals surface area (Å²) in [7, 11) is 0. The summed E-state index contributed by atoms with van der Waals surface area (Å²) in [4.78, 5) is 24.6. The maximum Gasteiger partial charge on any atom is 0.278 e. The van der Waals surface area contributed by atoms with E-state index in [0.717, 1.165) is 0 Å². The van der Waals surface area contributed by atoms with Crippen molar-refractivity contribution in [1.29, 1.82) is 0 Å². The van der Waals surface area contributed by atoms with Crippen molar-refractivity contribution >= 4 is 39.1 Å². The van der Waals surface area contributed by atoms with Gasteiger partial charge in [0.15, 0.2) is 5.69 Å². The molecule has 2 N–H and O–H groups in total. The highest BCUT2D eigenvalue weighted by Crippen LogP contribution is 2.19. The van der Waals surface area contributed by atoms with Crippen LogP contribution in [0.15, 0.2) is 40.9 Å². The van der Waals surface area contributed by atoms with E-state index in [9.17, 15) is 18.4 Å². The van der Waals surface area contributed by atoms with Gasteiger partial charge in [-0.1, -0.05) is 27.2 Å². The third kappa shape index (κ3) is 4.83. The topological polar surface area (TPSA) is 88.9 Å². The Bertz CT molecular complexity index is 1100. The molecular weight excluding hydrogens is 448 g/mol. The maximum absolute atomic E-state index is 13.8. The van der Waals surface area contributed by atoms with E-state index in [1.54, 1.807) is 32.0 Å². The van der Waals surface area contributed by atoms with E-state index < -0.39 is 23.4 Å². The summed E-state index contributed by atoms with van der Waals surface area (Å²) in [6.07, 6.45) is 0. The number of carbonyl (C=O) groups excluding carboxylic acids is 2. The molecule has 0 saturated heterocycles. The predicted molar refractivity (Wildman–Crippen MR) is 107 cm³/mol. The normalized spacial score (nSPS) is 10.7. The number of anilines is 2. The van der Waals surface area contributed by atoms with Crippen molar-refractivity contribution in [3.8, 4) is 0 Å². The highest BCUT2D eigenvalue weighted by atomic mass is 79.9. The van der Waals surface area contributed by atoms with E-state index >= 15 is 0 Å². The molecule has 3 aromatic rings. The van der Waals surface area contributed by atoms with Crippen molar-refractivity contribution in [2.75, 3.05) is 10.6 Å². The summed E-state index contributed by atoms with van der Waals surface area (Å²) in [5.41, 5.74) is 1.08. The number of hydrogen-bond acceptors (Lipinski definition) is 4. The molecular formula is C19H16BrF2N5O2. The number of amides is 2. The Hall–Kier alpha value is -3.14. The summed E-state index contributed by atoms with van der Waals surface area (Å²) in [6.45, 7) is 2.92. The number of halogens is 3. The Kier molecular flexibility index (Phi) is 6.02. The second-order valence-corrected chi connectivity index (χ2v) is 7.19. The van der Waals surface area contributed by atoms with Gasteiger partial charge in [0.25, 0.3) is 5.91 Å². The van der Waals surface area contributed by atoms with Crippen molar-refractivity contribution in [3.05, 3.63) is 69.5 Å². The first-order valence-corrected chi connectivity index (χ1v) is 9.26. The highest BCUT2D eigenvalue weighted by molar-refractivity contribution is 9.10. The van der Waals surface area contributed by atoms with Crippen LogP contribution in [-0.2, 0) is 11.3 Å². The Labute approximate surface area is 173 Å². The molecule has 1 aromatic heterocycles. The molecule has 0 radical (unpaired) electrons. The van der Waals surface area contributed by atoms with Gasteiger partial charge in [0.05, 0.1) is 11.4 Å². The first-order valence-electron chi connectivity index (χ1n) is 8.47. The molecule has 150 valence electrons. The van der Waals surface area contributed by atoms with Crippen LogP contribution in [0.4, 0.5) is 20.2 Å². The van der Waals surface area contributed by atoms with Crippen LogP contribution < -0.4 is 10.6 Å². The summed E-state index contributed by atoms with van der Waals surface area (Å²) < 4.78 is 29.2. The lowest BCUT2D eigenvalue weighted by Crippen LogP contribution is -2.21. The Balaban J connectivity index is 1.68. The smallest absolute Gasteiger partial charge is 0.278 e. The minimum Gasteiger partial charge on any atom is -0.322 e. The summed E-state index contributed by atoms with van der Waals surface area (Å²) in [5.74, 6) is -2.16. The van der Waals surface area contributed by atoms with Crippen molar-refractivity contribution in [1.82, 2.24) is 15.0 Å². The molecule has 0 aliphatic heterocycles. The molecule has 1 heterocycles. The molecule has 0 bridgehead atoms. The van der Waals surface area contributed by atoms with Gasteiger partial charge in [0, 0.05) is 10.2 Å². The van der Waals surface area contributed by atoms with Crippen molar-refractivity contribution in [2.45, 2.75) is 20.4 Å². The van der Waals surface area contributed by atoms with Gasteiger partial charge in [-0.05, 0) is 49.7 Å². The highest BCUT2D eigenvalue weighted by Gasteiger charge is 2.19. The predicted octanol–water partition coefficient (Wildman–Crippen LogP) is 3.83. The average molecular weight is 464 g/mol. The Morgan fingerprint density at radius 1 is 1.07 bits per heavy atom. The minimum atomic E-state index is -0.589. The second-order valence-electron chi connectivity index (χ2n) is 6.27. The zero-order valence-electron chi connectivity index (χ0n) is 15.5.